The van der Waals surface area contributed by atoms with Crippen LogP contribution >= 0.6 is 0 Å². The summed E-state index contributed by atoms with van der Waals surface area (Å²) in [5.74, 6) is 0.303. The van der Waals surface area contributed by atoms with Gasteiger partial charge in [-0.05, 0) is 44.4 Å². The number of hydrogen-bond acceptors (Lipinski definition) is 3. The maximum absolute atomic E-state index is 13.1. The molecule has 6 nitrogen and oxygen atoms in total. The molecule has 1 atom stereocenters. The van der Waals surface area contributed by atoms with Gasteiger partial charge in [-0.1, -0.05) is 26.2 Å². The Balaban J connectivity index is 1.40. The Labute approximate surface area is 155 Å². The average Bonchev–Trinajstić information content (AvgIpc) is 3.11. The maximum atomic E-state index is 13.1. The summed E-state index contributed by atoms with van der Waals surface area (Å²) < 4.78 is 0. The fraction of sp³-hybridized carbons (Fsp3) is 0.850. The summed E-state index contributed by atoms with van der Waals surface area (Å²) in [4.78, 5) is 43.2. The number of imide groups is 1. The number of urea groups is 1. The fourth-order valence-corrected chi connectivity index (χ4v) is 5.67. The molecule has 0 aromatic rings. The minimum absolute atomic E-state index is 0.0254. The van der Waals surface area contributed by atoms with Gasteiger partial charge in [-0.15, -0.1) is 0 Å². The molecule has 144 valence electrons. The van der Waals surface area contributed by atoms with Crippen molar-refractivity contribution in [3.63, 3.8) is 0 Å². The van der Waals surface area contributed by atoms with Crippen molar-refractivity contribution in [1.82, 2.24) is 14.7 Å². The number of rotatable bonds is 2. The number of nitrogens with zero attached hydrogens (tertiary/aromatic N) is 3. The zero-order valence-corrected chi connectivity index (χ0v) is 16.1. The molecular formula is C20H31N3O3. The van der Waals surface area contributed by atoms with Gasteiger partial charge in [0.1, 0.15) is 6.04 Å². The Bertz CT molecular complexity index is 592. The molecule has 3 heterocycles. The minimum Gasteiger partial charge on any atom is -0.342 e. The summed E-state index contributed by atoms with van der Waals surface area (Å²) in [5.41, 5.74) is -0.147. The number of piperidine rings is 1. The van der Waals surface area contributed by atoms with Crippen molar-refractivity contribution in [1.29, 1.82) is 0 Å². The number of amides is 4. The molecule has 4 fully saturated rings. The van der Waals surface area contributed by atoms with Crippen LogP contribution in [0.15, 0.2) is 0 Å². The van der Waals surface area contributed by atoms with Gasteiger partial charge in [0.25, 0.3) is 5.91 Å². The van der Waals surface area contributed by atoms with E-state index >= 15 is 0 Å². The van der Waals surface area contributed by atoms with Crippen molar-refractivity contribution in [3.8, 4) is 0 Å². The molecule has 0 aromatic carbocycles. The second-order valence-electron chi connectivity index (χ2n) is 9.13. The van der Waals surface area contributed by atoms with Gasteiger partial charge < -0.3 is 9.80 Å². The SMILES string of the molecule is CCN1C(=O)C2CC3(CCN(C(=O)C4(C)CCCCC4)CC3)CN2C1=O. The number of carbonyl (C=O) groups is 3. The molecule has 4 aliphatic rings. The lowest BCUT2D eigenvalue weighted by Gasteiger charge is -2.43. The lowest BCUT2D eigenvalue weighted by molar-refractivity contribution is -0.145. The maximum Gasteiger partial charge on any atom is 0.327 e. The van der Waals surface area contributed by atoms with Gasteiger partial charge in [0, 0.05) is 31.6 Å². The predicted molar refractivity (Wildman–Crippen MR) is 97.3 cm³/mol. The summed E-state index contributed by atoms with van der Waals surface area (Å²) in [5, 5.41) is 0. The van der Waals surface area contributed by atoms with Gasteiger partial charge in [0.15, 0.2) is 0 Å². The molecule has 3 aliphatic heterocycles. The quantitative estimate of drug-likeness (QED) is 0.711. The van der Waals surface area contributed by atoms with Crippen LogP contribution < -0.4 is 0 Å². The van der Waals surface area contributed by atoms with Crippen LogP contribution in [-0.4, -0.2) is 64.8 Å². The van der Waals surface area contributed by atoms with E-state index in [4.69, 9.17) is 0 Å². The molecule has 0 aromatic heterocycles. The molecule has 1 unspecified atom stereocenters. The van der Waals surface area contributed by atoms with Crippen LogP contribution in [0.2, 0.25) is 0 Å². The molecule has 26 heavy (non-hydrogen) atoms. The third-order valence-electron chi connectivity index (χ3n) is 7.44. The summed E-state index contributed by atoms with van der Waals surface area (Å²) >= 11 is 0. The molecule has 4 rings (SSSR count). The molecule has 0 bridgehead atoms. The minimum atomic E-state index is -0.263. The molecular weight excluding hydrogens is 330 g/mol. The molecule has 4 amide bonds. The highest BCUT2D eigenvalue weighted by atomic mass is 16.2. The molecule has 0 radical (unpaired) electrons. The largest absolute Gasteiger partial charge is 0.342 e. The van der Waals surface area contributed by atoms with Gasteiger partial charge >= 0.3 is 6.03 Å². The number of likely N-dealkylation sites (N-methyl/N-ethyl adjacent to an activating group) is 1. The van der Waals surface area contributed by atoms with E-state index in [1.165, 1.54) is 11.3 Å². The van der Waals surface area contributed by atoms with Crippen LogP contribution in [0.5, 0.6) is 0 Å². The van der Waals surface area contributed by atoms with E-state index < -0.39 is 0 Å². The van der Waals surface area contributed by atoms with Crippen LogP contribution in [0.25, 0.3) is 0 Å². The van der Waals surface area contributed by atoms with Gasteiger partial charge in [0.05, 0.1) is 0 Å². The van der Waals surface area contributed by atoms with Crippen LogP contribution in [-0.2, 0) is 9.59 Å². The van der Waals surface area contributed by atoms with Crippen molar-refractivity contribution in [2.45, 2.75) is 71.3 Å². The van der Waals surface area contributed by atoms with Crippen molar-refractivity contribution in [2.24, 2.45) is 10.8 Å². The monoisotopic (exact) mass is 361 g/mol. The molecule has 0 N–H and O–H groups in total. The summed E-state index contributed by atoms with van der Waals surface area (Å²) in [6.07, 6.45) is 8.19. The van der Waals surface area contributed by atoms with Gasteiger partial charge in [0.2, 0.25) is 5.91 Å². The highest BCUT2D eigenvalue weighted by Crippen LogP contribution is 2.47. The van der Waals surface area contributed by atoms with Crippen molar-refractivity contribution in [2.75, 3.05) is 26.2 Å². The third kappa shape index (κ3) is 2.64. The van der Waals surface area contributed by atoms with Crippen LogP contribution in [0, 0.1) is 10.8 Å². The Kier molecular flexibility index (Phi) is 4.27. The van der Waals surface area contributed by atoms with Crippen molar-refractivity contribution >= 4 is 17.8 Å². The lowest BCUT2D eigenvalue weighted by Crippen LogP contribution is -2.50. The zero-order valence-electron chi connectivity index (χ0n) is 16.1. The number of fused-ring (bicyclic) bond motifs is 1. The first kappa shape index (κ1) is 17.8. The number of carbonyl (C=O) groups excluding carboxylic acids is 3. The van der Waals surface area contributed by atoms with Gasteiger partial charge in [-0.2, -0.15) is 0 Å². The summed E-state index contributed by atoms with van der Waals surface area (Å²) in [6, 6.07) is -0.381. The summed E-state index contributed by atoms with van der Waals surface area (Å²) in [6.45, 7) is 6.67. The first-order valence-electron chi connectivity index (χ1n) is 10.3. The predicted octanol–water partition coefficient (Wildman–Crippen LogP) is 2.62. The van der Waals surface area contributed by atoms with Crippen molar-refractivity contribution < 1.29 is 14.4 Å². The second kappa shape index (κ2) is 6.24. The number of hydrogen-bond donors (Lipinski definition) is 0. The van der Waals surface area contributed by atoms with E-state index in [2.05, 4.69) is 11.8 Å². The highest BCUT2D eigenvalue weighted by molar-refractivity contribution is 6.04. The lowest BCUT2D eigenvalue weighted by atomic mass is 9.72. The van der Waals surface area contributed by atoms with E-state index in [1.54, 1.807) is 4.90 Å². The first-order chi connectivity index (χ1) is 12.4. The molecule has 1 saturated carbocycles. The zero-order chi connectivity index (χ0) is 18.5. The Morgan fingerprint density at radius 2 is 1.73 bits per heavy atom. The Hall–Kier alpha value is -1.59. The topological polar surface area (TPSA) is 60.9 Å². The third-order valence-corrected chi connectivity index (χ3v) is 7.44. The Morgan fingerprint density at radius 1 is 1.08 bits per heavy atom. The van der Waals surface area contributed by atoms with Crippen LogP contribution in [0.3, 0.4) is 0 Å². The Morgan fingerprint density at radius 3 is 2.31 bits per heavy atom. The molecule has 1 spiro atoms. The molecule has 1 aliphatic carbocycles. The highest BCUT2D eigenvalue weighted by Gasteiger charge is 2.56. The van der Waals surface area contributed by atoms with Gasteiger partial charge in [-0.25, -0.2) is 4.79 Å². The summed E-state index contributed by atoms with van der Waals surface area (Å²) in [7, 11) is 0. The number of likely N-dealkylation sites (tertiary alicyclic amines) is 1. The van der Waals surface area contributed by atoms with Crippen LogP contribution in [0.1, 0.15) is 65.2 Å². The van der Waals surface area contributed by atoms with E-state index in [0.717, 1.165) is 58.0 Å². The van der Waals surface area contributed by atoms with E-state index in [9.17, 15) is 14.4 Å². The van der Waals surface area contributed by atoms with Crippen molar-refractivity contribution in [3.05, 3.63) is 0 Å². The molecule has 3 saturated heterocycles. The van der Waals surface area contributed by atoms with E-state index in [1.807, 2.05) is 6.92 Å². The second-order valence-corrected chi connectivity index (χ2v) is 9.13. The first-order valence-corrected chi connectivity index (χ1v) is 10.3. The average molecular weight is 361 g/mol. The van der Waals surface area contributed by atoms with E-state index in [0.29, 0.717) is 19.0 Å². The van der Waals surface area contributed by atoms with E-state index in [-0.39, 0.29) is 28.8 Å². The fourth-order valence-electron chi connectivity index (χ4n) is 5.67. The smallest absolute Gasteiger partial charge is 0.327 e. The standard InChI is InChI=1S/C20H31N3O3/c1-3-22-16(24)15-13-20(14-23(15)18(22)26)9-11-21(12-10-20)17(25)19(2)7-5-4-6-8-19/h15H,3-14H2,1-2H3. The van der Waals surface area contributed by atoms with Crippen LogP contribution in [0.4, 0.5) is 4.79 Å². The molecule has 6 heteroatoms. The van der Waals surface area contributed by atoms with Gasteiger partial charge in [-0.3, -0.25) is 14.5 Å². The normalized spacial score (nSPS) is 30.2.